The molecule has 1 aromatic rings. The number of nitrogens with one attached hydrogen (secondary N) is 3. The smallest absolute Gasteiger partial charge is 0.318 e. The van der Waals surface area contributed by atoms with Gasteiger partial charge in [-0.2, -0.15) is 0 Å². The Kier molecular flexibility index (Phi) is 3.68. The minimum atomic E-state index is -0.867. The van der Waals surface area contributed by atoms with E-state index in [1.165, 1.54) is 6.07 Å². The Morgan fingerprint density at radius 2 is 2.19 bits per heavy atom. The Morgan fingerprint density at radius 1 is 1.56 bits per heavy atom. The summed E-state index contributed by atoms with van der Waals surface area (Å²) in [6, 6.07) is 1.49. The summed E-state index contributed by atoms with van der Waals surface area (Å²) in [5.41, 5.74) is 5.69. The van der Waals surface area contributed by atoms with Crippen molar-refractivity contribution in [3.05, 3.63) is 28.5 Å². The lowest BCUT2D eigenvalue weighted by molar-refractivity contribution is 0.253. The molecule has 0 saturated carbocycles. The molecule has 0 heterocycles. The van der Waals surface area contributed by atoms with Crippen LogP contribution in [0.25, 0.3) is 0 Å². The van der Waals surface area contributed by atoms with E-state index in [1.54, 1.807) is 6.92 Å². The van der Waals surface area contributed by atoms with Gasteiger partial charge < -0.3 is 11.1 Å². The molecule has 7 heteroatoms. The van der Waals surface area contributed by atoms with E-state index >= 15 is 0 Å². The molecule has 0 saturated heterocycles. The average molecular weight is 245 g/mol. The van der Waals surface area contributed by atoms with Crippen molar-refractivity contribution < 1.29 is 9.18 Å². The average Bonchev–Trinajstić information content (AvgIpc) is 2.09. The Morgan fingerprint density at radius 3 is 2.69 bits per heavy atom. The van der Waals surface area contributed by atoms with Crippen LogP contribution in [-0.2, 0) is 0 Å². The normalized spacial score (nSPS) is 9.69. The van der Waals surface area contributed by atoms with E-state index in [-0.39, 0.29) is 11.0 Å². The van der Waals surface area contributed by atoms with Gasteiger partial charge in [0.05, 0.1) is 10.7 Å². The van der Waals surface area contributed by atoms with E-state index in [1.807, 2.05) is 5.32 Å². The highest BCUT2D eigenvalue weighted by Crippen LogP contribution is 2.26. The third kappa shape index (κ3) is 3.09. The number of nitrogens with two attached hydrogens (primary N) is 1. The van der Waals surface area contributed by atoms with E-state index in [4.69, 9.17) is 22.7 Å². The third-order valence-corrected chi connectivity index (χ3v) is 2.05. The fourth-order valence-electron chi connectivity index (χ4n) is 1.14. The van der Waals surface area contributed by atoms with Crippen LogP contribution in [0.3, 0.4) is 0 Å². The molecule has 0 radical (unpaired) electrons. The summed E-state index contributed by atoms with van der Waals surface area (Å²) in [6.45, 7) is 1.62. The highest BCUT2D eigenvalue weighted by molar-refractivity contribution is 6.34. The van der Waals surface area contributed by atoms with Gasteiger partial charge in [0.15, 0.2) is 0 Å². The molecule has 0 aliphatic heterocycles. The number of hydrogen-bond acceptors (Lipinski definition) is 2. The number of guanidine groups is 1. The van der Waals surface area contributed by atoms with Gasteiger partial charge in [0.1, 0.15) is 5.82 Å². The van der Waals surface area contributed by atoms with Crippen LogP contribution in [0.5, 0.6) is 0 Å². The number of urea groups is 1. The van der Waals surface area contributed by atoms with Gasteiger partial charge in [0, 0.05) is 0 Å². The Hall–Kier alpha value is -1.82. The molecule has 86 valence electrons. The van der Waals surface area contributed by atoms with Crippen molar-refractivity contribution in [1.29, 1.82) is 5.41 Å². The maximum Gasteiger partial charge on any atom is 0.318 e. The van der Waals surface area contributed by atoms with Gasteiger partial charge in [-0.1, -0.05) is 11.6 Å². The maximum absolute atomic E-state index is 12.9. The summed E-state index contributed by atoms with van der Waals surface area (Å²) in [5.74, 6) is -0.799. The van der Waals surface area contributed by atoms with Gasteiger partial charge in [-0.15, -0.1) is 0 Å². The van der Waals surface area contributed by atoms with E-state index in [0.29, 0.717) is 11.3 Å². The zero-order valence-electron chi connectivity index (χ0n) is 8.40. The van der Waals surface area contributed by atoms with Gasteiger partial charge in [-0.05, 0) is 24.6 Å². The molecule has 16 heavy (non-hydrogen) atoms. The van der Waals surface area contributed by atoms with Crippen LogP contribution in [0.2, 0.25) is 5.02 Å². The van der Waals surface area contributed by atoms with Gasteiger partial charge in [0.25, 0.3) is 0 Å². The second-order valence-corrected chi connectivity index (χ2v) is 3.48. The Bertz CT molecular complexity index is 426. The molecule has 0 spiro atoms. The topological polar surface area (TPSA) is 91.0 Å². The van der Waals surface area contributed by atoms with Crippen molar-refractivity contribution in [3.63, 3.8) is 0 Å². The highest BCUT2D eigenvalue weighted by Gasteiger charge is 2.09. The van der Waals surface area contributed by atoms with Crippen LogP contribution in [0.4, 0.5) is 14.9 Å². The molecule has 0 aromatic heterocycles. The molecule has 0 aliphatic rings. The highest BCUT2D eigenvalue weighted by atomic mass is 35.5. The van der Waals surface area contributed by atoms with Crippen molar-refractivity contribution in [2.75, 3.05) is 5.32 Å². The fraction of sp³-hybridized carbons (Fsp3) is 0.111. The van der Waals surface area contributed by atoms with Crippen molar-refractivity contribution in [1.82, 2.24) is 5.32 Å². The van der Waals surface area contributed by atoms with Gasteiger partial charge >= 0.3 is 6.03 Å². The number of anilines is 1. The standard InChI is InChI=1S/C9H10ClFN4O/c1-4-2-5(11)3-6(10)7(4)14-8(12)15-9(13)16/h2-3H,1H3,(H5,12,13,14,15,16). The first-order valence-corrected chi connectivity index (χ1v) is 4.65. The van der Waals surface area contributed by atoms with E-state index in [2.05, 4.69) is 5.32 Å². The molecule has 0 unspecified atom stereocenters. The second-order valence-electron chi connectivity index (χ2n) is 3.07. The van der Waals surface area contributed by atoms with E-state index in [9.17, 15) is 9.18 Å². The number of halogens is 2. The number of carbonyl (C=O) groups excluding carboxylic acids is 1. The summed E-state index contributed by atoms with van der Waals surface area (Å²) >= 11 is 5.77. The van der Waals surface area contributed by atoms with E-state index < -0.39 is 11.8 Å². The molecule has 1 rings (SSSR count). The molecule has 5 nitrogen and oxygen atoms in total. The molecule has 0 bridgehead atoms. The van der Waals surface area contributed by atoms with Gasteiger partial charge in [-0.25, -0.2) is 9.18 Å². The lowest BCUT2D eigenvalue weighted by Gasteiger charge is -2.12. The second kappa shape index (κ2) is 4.80. The number of hydrogen-bond donors (Lipinski definition) is 4. The summed E-state index contributed by atoms with van der Waals surface area (Å²) < 4.78 is 12.9. The number of carbonyl (C=O) groups is 1. The minimum absolute atomic E-state index is 0.119. The summed E-state index contributed by atoms with van der Waals surface area (Å²) in [5, 5.41) is 12.0. The first-order chi connectivity index (χ1) is 7.40. The molecular formula is C9H10ClFN4O. The zero-order chi connectivity index (χ0) is 12.3. The zero-order valence-corrected chi connectivity index (χ0v) is 9.15. The van der Waals surface area contributed by atoms with Crippen molar-refractivity contribution in [3.8, 4) is 0 Å². The maximum atomic E-state index is 12.9. The number of primary amides is 1. The molecule has 0 fully saturated rings. The first kappa shape index (κ1) is 12.3. The monoisotopic (exact) mass is 244 g/mol. The van der Waals surface area contributed by atoms with Crippen molar-refractivity contribution in [2.24, 2.45) is 5.73 Å². The lowest BCUT2D eigenvalue weighted by Crippen LogP contribution is -2.38. The molecule has 0 aliphatic carbocycles. The molecular weight excluding hydrogens is 235 g/mol. The van der Waals surface area contributed by atoms with Gasteiger partial charge in [0.2, 0.25) is 5.96 Å². The van der Waals surface area contributed by atoms with Crippen molar-refractivity contribution in [2.45, 2.75) is 6.92 Å². The Labute approximate surface area is 96.3 Å². The number of aryl methyl sites for hydroxylation is 1. The van der Waals surface area contributed by atoms with Crippen LogP contribution < -0.4 is 16.4 Å². The van der Waals surface area contributed by atoms with Crippen LogP contribution in [0.15, 0.2) is 12.1 Å². The third-order valence-electron chi connectivity index (χ3n) is 1.75. The predicted octanol–water partition coefficient (Wildman–Crippen LogP) is 1.80. The van der Waals surface area contributed by atoms with Crippen LogP contribution >= 0.6 is 11.6 Å². The summed E-state index contributed by atoms with van der Waals surface area (Å²) in [7, 11) is 0. The van der Waals surface area contributed by atoms with Crippen LogP contribution in [0.1, 0.15) is 5.56 Å². The van der Waals surface area contributed by atoms with Gasteiger partial charge in [-0.3, -0.25) is 10.7 Å². The predicted molar refractivity (Wildman–Crippen MR) is 60.2 cm³/mol. The largest absolute Gasteiger partial charge is 0.351 e. The molecule has 2 amide bonds. The summed E-state index contributed by atoms with van der Waals surface area (Å²) in [4.78, 5) is 10.5. The summed E-state index contributed by atoms with van der Waals surface area (Å²) in [6.07, 6.45) is 0. The fourth-order valence-corrected chi connectivity index (χ4v) is 1.44. The Balaban J connectivity index is 2.89. The number of rotatable bonds is 1. The quantitative estimate of drug-likeness (QED) is 0.448. The van der Waals surface area contributed by atoms with Crippen molar-refractivity contribution >= 4 is 29.3 Å². The minimum Gasteiger partial charge on any atom is -0.351 e. The first-order valence-electron chi connectivity index (χ1n) is 4.28. The number of benzene rings is 1. The SMILES string of the molecule is Cc1cc(F)cc(Cl)c1NC(=N)NC(N)=O. The van der Waals surface area contributed by atoms with Crippen LogP contribution in [-0.4, -0.2) is 12.0 Å². The number of amides is 2. The molecule has 0 atom stereocenters. The van der Waals surface area contributed by atoms with E-state index in [0.717, 1.165) is 6.07 Å². The molecule has 1 aromatic carbocycles. The lowest BCUT2D eigenvalue weighted by atomic mass is 10.2. The molecule has 5 N–H and O–H groups in total. The van der Waals surface area contributed by atoms with Crippen LogP contribution in [0, 0.1) is 18.2 Å².